The molecule has 1 saturated carbocycles. The normalized spacial score (nSPS) is 16.7. The summed E-state index contributed by atoms with van der Waals surface area (Å²) >= 11 is 3.47. The molecule has 3 heteroatoms. The molecule has 2 nitrogen and oxygen atoms in total. The molecule has 66 valence electrons. The minimum atomic E-state index is 0.783. The van der Waals surface area contributed by atoms with E-state index in [0.717, 1.165) is 11.6 Å². The molecule has 0 amide bonds. The van der Waals surface area contributed by atoms with Gasteiger partial charge in [0, 0.05) is 17.8 Å². The SMILES string of the molecule is Brn1cc(C2CC2)c2cccnc21. The Kier molecular flexibility index (Phi) is 1.50. The predicted octanol–water partition coefficient (Wildman–Crippen LogP) is 3.07. The molecule has 0 radical (unpaired) electrons. The van der Waals surface area contributed by atoms with Crippen LogP contribution in [0.15, 0.2) is 24.5 Å². The summed E-state index contributed by atoms with van der Waals surface area (Å²) in [5.74, 6) is 0.783. The fourth-order valence-electron chi connectivity index (χ4n) is 1.76. The van der Waals surface area contributed by atoms with Gasteiger partial charge in [-0.05, 0) is 36.5 Å². The van der Waals surface area contributed by atoms with Crippen molar-refractivity contribution >= 4 is 27.2 Å². The summed E-state index contributed by atoms with van der Waals surface area (Å²) in [5.41, 5.74) is 2.48. The molecule has 0 spiro atoms. The summed E-state index contributed by atoms with van der Waals surface area (Å²) in [5, 5.41) is 1.29. The third-order valence-electron chi connectivity index (χ3n) is 2.57. The first-order chi connectivity index (χ1) is 6.36. The van der Waals surface area contributed by atoms with Crippen molar-refractivity contribution in [2.24, 2.45) is 0 Å². The van der Waals surface area contributed by atoms with E-state index in [1.165, 1.54) is 23.8 Å². The molecule has 0 unspecified atom stereocenters. The van der Waals surface area contributed by atoms with Crippen LogP contribution >= 0.6 is 16.1 Å². The Bertz CT molecular complexity index is 457. The van der Waals surface area contributed by atoms with Gasteiger partial charge in [0.25, 0.3) is 0 Å². The maximum absolute atomic E-state index is 4.33. The van der Waals surface area contributed by atoms with Crippen LogP contribution in [-0.2, 0) is 0 Å². The van der Waals surface area contributed by atoms with Gasteiger partial charge in [-0.1, -0.05) is 0 Å². The second-order valence-corrected chi connectivity index (χ2v) is 4.31. The van der Waals surface area contributed by atoms with Crippen LogP contribution in [0.4, 0.5) is 0 Å². The summed E-state index contributed by atoms with van der Waals surface area (Å²) in [6, 6.07) is 4.15. The van der Waals surface area contributed by atoms with Crippen molar-refractivity contribution < 1.29 is 0 Å². The molecule has 1 fully saturated rings. The monoisotopic (exact) mass is 236 g/mol. The molecule has 0 saturated heterocycles. The van der Waals surface area contributed by atoms with Gasteiger partial charge in [-0.15, -0.1) is 0 Å². The van der Waals surface area contributed by atoms with Crippen LogP contribution in [0.5, 0.6) is 0 Å². The molecule has 2 heterocycles. The number of rotatable bonds is 1. The number of fused-ring (bicyclic) bond motifs is 1. The predicted molar refractivity (Wildman–Crippen MR) is 56.0 cm³/mol. The summed E-state index contributed by atoms with van der Waals surface area (Å²) in [6.07, 6.45) is 6.65. The molecule has 1 aliphatic carbocycles. The fraction of sp³-hybridized carbons (Fsp3) is 0.300. The molecule has 2 aromatic rings. The van der Waals surface area contributed by atoms with E-state index in [1.54, 1.807) is 0 Å². The standard InChI is InChI=1S/C10H9BrN2/c11-13-6-9(7-3-4-7)8-2-1-5-12-10(8)13/h1-2,5-7H,3-4H2. The molecule has 2 aromatic heterocycles. The second-order valence-electron chi connectivity index (χ2n) is 3.54. The number of aromatic nitrogens is 2. The number of nitrogens with zero attached hydrogens (tertiary/aromatic N) is 2. The molecular weight excluding hydrogens is 228 g/mol. The molecule has 13 heavy (non-hydrogen) atoms. The Hall–Kier alpha value is -0.830. The van der Waals surface area contributed by atoms with E-state index in [2.05, 4.69) is 33.4 Å². The minimum absolute atomic E-state index is 0.783. The van der Waals surface area contributed by atoms with Gasteiger partial charge < -0.3 is 0 Å². The van der Waals surface area contributed by atoms with Gasteiger partial charge in [-0.2, -0.15) is 0 Å². The number of hydrogen-bond donors (Lipinski definition) is 0. The van der Waals surface area contributed by atoms with E-state index >= 15 is 0 Å². The second kappa shape index (κ2) is 2.58. The van der Waals surface area contributed by atoms with Crippen LogP contribution in [0, 0.1) is 0 Å². The van der Waals surface area contributed by atoms with Crippen molar-refractivity contribution in [1.29, 1.82) is 0 Å². The highest BCUT2D eigenvalue weighted by Crippen LogP contribution is 2.43. The topological polar surface area (TPSA) is 17.8 Å². The van der Waals surface area contributed by atoms with E-state index in [9.17, 15) is 0 Å². The Morgan fingerprint density at radius 1 is 1.46 bits per heavy atom. The lowest BCUT2D eigenvalue weighted by molar-refractivity contribution is 1.14. The van der Waals surface area contributed by atoms with Crippen LogP contribution in [0.1, 0.15) is 24.3 Å². The van der Waals surface area contributed by atoms with E-state index in [0.29, 0.717) is 0 Å². The molecule has 0 aliphatic heterocycles. The quantitative estimate of drug-likeness (QED) is 0.745. The Labute approximate surface area is 84.9 Å². The van der Waals surface area contributed by atoms with Gasteiger partial charge in [-0.25, -0.2) is 4.98 Å². The number of hydrogen-bond acceptors (Lipinski definition) is 1. The molecule has 3 rings (SSSR count). The van der Waals surface area contributed by atoms with Crippen molar-refractivity contribution in [3.05, 3.63) is 30.1 Å². The van der Waals surface area contributed by atoms with Crippen molar-refractivity contribution in [3.63, 3.8) is 0 Å². The number of halogens is 1. The van der Waals surface area contributed by atoms with Gasteiger partial charge in [0.1, 0.15) is 5.65 Å². The molecule has 1 aliphatic rings. The van der Waals surface area contributed by atoms with E-state index < -0.39 is 0 Å². The van der Waals surface area contributed by atoms with Crippen LogP contribution in [0.3, 0.4) is 0 Å². The van der Waals surface area contributed by atoms with Crippen molar-refractivity contribution in [2.75, 3.05) is 0 Å². The lowest BCUT2D eigenvalue weighted by Crippen LogP contribution is -1.78. The Morgan fingerprint density at radius 3 is 3.08 bits per heavy atom. The summed E-state index contributed by atoms with van der Waals surface area (Å²) in [4.78, 5) is 4.33. The first-order valence-electron chi connectivity index (χ1n) is 4.48. The molecular formula is C10H9BrN2. The third kappa shape index (κ3) is 1.10. The summed E-state index contributed by atoms with van der Waals surface area (Å²) < 4.78 is 1.94. The van der Waals surface area contributed by atoms with Crippen LogP contribution < -0.4 is 0 Å². The summed E-state index contributed by atoms with van der Waals surface area (Å²) in [7, 11) is 0. The van der Waals surface area contributed by atoms with Crippen LogP contribution in [-0.4, -0.2) is 8.58 Å². The largest absolute Gasteiger partial charge is 0.267 e. The Balaban J connectivity index is 2.34. The van der Waals surface area contributed by atoms with Gasteiger partial charge >= 0.3 is 0 Å². The van der Waals surface area contributed by atoms with E-state index in [-0.39, 0.29) is 0 Å². The van der Waals surface area contributed by atoms with Gasteiger partial charge in [-0.3, -0.25) is 3.59 Å². The highest BCUT2D eigenvalue weighted by Gasteiger charge is 2.27. The van der Waals surface area contributed by atoms with Crippen molar-refractivity contribution in [3.8, 4) is 0 Å². The highest BCUT2D eigenvalue weighted by atomic mass is 79.9. The summed E-state index contributed by atoms with van der Waals surface area (Å²) in [6.45, 7) is 0. The van der Waals surface area contributed by atoms with Gasteiger partial charge in [0.15, 0.2) is 0 Å². The smallest absolute Gasteiger partial charge is 0.150 e. The van der Waals surface area contributed by atoms with Crippen LogP contribution in [0.25, 0.3) is 11.0 Å². The molecule has 0 N–H and O–H groups in total. The average molecular weight is 237 g/mol. The zero-order chi connectivity index (χ0) is 8.84. The van der Waals surface area contributed by atoms with E-state index in [4.69, 9.17) is 0 Å². The third-order valence-corrected chi connectivity index (χ3v) is 3.11. The highest BCUT2D eigenvalue weighted by molar-refractivity contribution is 9.08. The van der Waals surface area contributed by atoms with Gasteiger partial charge in [0.2, 0.25) is 0 Å². The first kappa shape index (κ1) is 7.56. The lowest BCUT2D eigenvalue weighted by Gasteiger charge is -1.92. The fourth-order valence-corrected chi connectivity index (χ4v) is 2.27. The zero-order valence-corrected chi connectivity index (χ0v) is 8.66. The molecule has 0 bridgehead atoms. The zero-order valence-electron chi connectivity index (χ0n) is 7.07. The number of pyridine rings is 1. The maximum Gasteiger partial charge on any atom is 0.150 e. The average Bonchev–Trinajstić information content (AvgIpc) is 2.94. The Morgan fingerprint density at radius 2 is 2.31 bits per heavy atom. The first-order valence-corrected chi connectivity index (χ1v) is 5.19. The van der Waals surface area contributed by atoms with E-state index in [1.807, 2.05) is 15.9 Å². The van der Waals surface area contributed by atoms with Crippen molar-refractivity contribution in [1.82, 2.24) is 8.58 Å². The van der Waals surface area contributed by atoms with Gasteiger partial charge in [0.05, 0.1) is 16.1 Å². The lowest BCUT2D eigenvalue weighted by atomic mass is 10.1. The maximum atomic E-state index is 4.33. The molecule has 0 atom stereocenters. The van der Waals surface area contributed by atoms with Crippen molar-refractivity contribution in [2.45, 2.75) is 18.8 Å². The molecule has 0 aromatic carbocycles. The minimum Gasteiger partial charge on any atom is -0.267 e. The van der Waals surface area contributed by atoms with Crippen LogP contribution in [0.2, 0.25) is 0 Å².